The predicted octanol–water partition coefficient (Wildman–Crippen LogP) is 3.58. The van der Waals surface area contributed by atoms with Gasteiger partial charge in [-0.15, -0.1) is 11.3 Å². The van der Waals surface area contributed by atoms with Gasteiger partial charge in [-0.1, -0.05) is 18.2 Å². The van der Waals surface area contributed by atoms with Crippen LogP contribution in [0.25, 0.3) is 10.6 Å². The molecule has 1 amide bonds. The minimum Gasteiger partial charge on any atom is -0.347 e. The van der Waals surface area contributed by atoms with Crippen LogP contribution in [0.3, 0.4) is 0 Å². The molecule has 0 aliphatic rings. The van der Waals surface area contributed by atoms with Crippen LogP contribution in [0, 0.1) is 12.7 Å². The standard InChI is InChI=1S/C17H14FN3OS/c1-11-15(23-17(21-11)13-6-4-8-19-9-13)16(22)20-10-12-5-2-3-7-14(12)18/h2-9H,10H2,1H3,(H,20,22). The summed E-state index contributed by atoms with van der Waals surface area (Å²) in [7, 11) is 0. The summed E-state index contributed by atoms with van der Waals surface area (Å²) in [6.45, 7) is 1.93. The number of amides is 1. The highest BCUT2D eigenvalue weighted by atomic mass is 32.1. The Kier molecular flexibility index (Phi) is 4.43. The molecule has 1 N–H and O–H groups in total. The Morgan fingerprint density at radius 2 is 2.09 bits per heavy atom. The van der Waals surface area contributed by atoms with Gasteiger partial charge in [-0.05, 0) is 25.1 Å². The second-order valence-corrected chi connectivity index (χ2v) is 5.95. The van der Waals surface area contributed by atoms with Crippen LogP contribution >= 0.6 is 11.3 Å². The highest BCUT2D eigenvalue weighted by Crippen LogP contribution is 2.27. The van der Waals surface area contributed by atoms with Crippen LogP contribution in [0.1, 0.15) is 20.9 Å². The fourth-order valence-electron chi connectivity index (χ4n) is 2.12. The molecule has 116 valence electrons. The van der Waals surface area contributed by atoms with Crippen LogP contribution in [0.15, 0.2) is 48.8 Å². The lowest BCUT2D eigenvalue weighted by Crippen LogP contribution is -2.23. The van der Waals surface area contributed by atoms with E-state index in [1.807, 2.05) is 12.1 Å². The zero-order valence-electron chi connectivity index (χ0n) is 12.4. The Balaban J connectivity index is 1.75. The number of thiazole rings is 1. The maximum atomic E-state index is 13.6. The van der Waals surface area contributed by atoms with Gasteiger partial charge in [0, 0.05) is 30.1 Å². The van der Waals surface area contributed by atoms with Crippen LogP contribution < -0.4 is 5.32 Å². The van der Waals surface area contributed by atoms with Crippen molar-refractivity contribution in [3.8, 4) is 10.6 Å². The molecule has 0 unspecified atom stereocenters. The van der Waals surface area contributed by atoms with E-state index < -0.39 is 0 Å². The molecule has 0 fully saturated rings. The first-order valence-electron chi connectivity index (χ1n) is 7.04. The van der Waals surface area contributed by atoms with Gasteiger partial charge < -0.3 is 5.32 Å². The Bertz CT molecular complexity index is 833. The average molecular weight is 327 g/mol. The molecule has 3 rings (SSSR count). The monoisotopic (exact) mass is 327 g/mol. The molecule has 0 bridgehead atoms. The first-order chi connectivity index (χ1) is 11.1. The zero-order valence-corrected chi connectivity index (χ0v) is 13.2. The maximum Gasteiger partial charge on any atom is 0.263 e. The minimum absolute atomic E-state index is 0.144. The summed E-state index contributed by atoms with van der Waals surface area (Å²) in [4.78, 5) is 21.3. The van der Waals surface area contributed by atoms with Gasteiger partial charge in [0.05, 0.1) is 5.69 Å². The highest BCUT2D eigenvalue weighted by molar-refractivity contribution is 7.17. The summed E-state index contributed by atoms with van der Waals surface area (Å²) in [5, 5.41) is 3.48. The number of aryl methyl sites for hydroxylation is 1. The number of rotatable bonds is 4. The smallest absolute Gasteiger partial charge is 0.263 e. The number of benzene rings is 1. The molecular formula is C17H14FN3OS. The number of nitrogens with one attached hydrogen (secondary N) is 1. The van der Waals surface area contributed by atoms with Crippen molar-refractivity contribution in [2.45, 2.75) is 13.5 Å². The molecular weight excluding hydrogens is 313 g/mol. The lowest BCUT2D eigenvalue weighted by molar-refractivity contribution is 0.0954. The van der Waals surface area contributed by atoms with Crippen LogP contribution in [-0.2, 0) is 6.54 Å². The molecule has 2 aromatic heterocycles. The molecule has 6 heteroatoms. The van der Waals surface area contributed by atoms with E-state index in [0.717, 1.165) is 10.6 Å². The number of halogens is 1. The number of pyridine rings is 1. The summed E-state index contributed by atoms with van der Waals surface area (Å²) in [6.07, 6.45) is 3.39. The summed E-state index contributed by atoms with van der Waals surface area (Å²) in [6, 6.07) is 10.1. The SMILES string of the molecule is Cc1nc(-c2cccnc2)sc1C(=O)NCc1ccccc1F. The van der Waals surface area contributed by atoms with Crippen molar-refractivity contribution < 1.29 is 9.18 Å². The second-order valence-electron chi connectivity index (χ2n) is 4.95. The zero-order chi connectivity index (χ0) is 16.2. The fourth-order valence-corrected chi connectivity index (χ4v) is 3.09. The molecule has 4 nitrogen and oxygen atoms in total. The highest BCUT2D eigenvalue weighted by Gasteiger charge is 2.16. The van der Waals surface area contributed by atoms with Gasteiger partial charge >= 0.3 is 0 Å². The molecule has 2 heterocycles. The second kappa shape index (κ2) is 6.66. The number of carbonyl (C=O) groups is 1. The molecule has 0 saturated carbocycles. The summed E-state index contributed by atoms with van der Waals surface area (Å²) >= 11 is 1.30. The summed E-state index contributed by atoms with van der Waals surface area (Å²) < 4.78 is 13.6. The van der Waals surface area contributed by atoms with Gasteiger partial charge in [-0.2, -0.15) is 0 Å². The van der Waals surface area contributed by atoms with Crippen molar-refractivity contribution in [3.63, 3.8) is 0 Å². The summed E-state index contributed by atoms with van der Waals surface area (Å²) in [5.41, 5.74) is 1.98. The van der Waals surface area contributed by atoms with Gasteiger partial charge in [0.1, 0.15) is 15.7 Å². The molecule has 1 aromatic carbocycles. The third kappa shape index (κ3) is 3.43. The Labute approximate surface area is 137 Å². The molecule has 0 radical (unpaired) electrons. The van der Waals surface area contributed by atoms with Crippen LogP contribution in [0.5, 0.6) is 0 Å². The van der Waals surface area contributed by atoms with Crippen molar-refractivity contribution in [1.82, 2.24) is 15.3 Å². The maximum absolute atomic E-state index is 13.6. The number of hydrogen-bond acceptors (Lipinski definition) is 4. The molecule has 0 saturated heterocycles. The van der Waals surface area contributed by atoms with Gasteiger partial charge in [0.15, 0.2) is 0 Å². The van der Waals surface area contributed by atoms with Crippen molar-refractivity contribution in [2.24, 2.45) is 0 Å². The van der Waals surface area contributed by atoms with E-state index in [-0.39, 0.29) is 18.3 Å². The lowest BCUT2D eigenvalue weighted by atomic mass is 10.2. The number of nitrogens with zero attached hydrogens (tertiary/aromatic N) is 2. The average Bonchev–Trinajstić information content (AvgIpc) is 2.97. The van der Waals surface area contributed by atoms with E-state index in [1.54, 1.807) is 37.5 Å². The van der Waals surface area contributed by atoms with Gasteiger partial charge in [0.25, 0.3) is 5.91 Å². The fraction of sp³-hybridized carbons (Fsp3) is 0.118. The van der Waals surface area contributed by atoms with Crippen molar-refractivity contribution in [2.75, 3.05) is 0 Å². The summed E-state index contributed by atoms with van der Waals surface area (Å²) in [5.74, 6) is -0.580. The van der Waals surface area contributed by atoms with E-state index in [0.29, 0.717) is 16.1 Å². The largest absolute Gasteiger partial charge is 0.347 e. The molecule has 0 aliphatic carbocycles. The first-order valence-corrected chi connectivity index (χ1v) is 7.86. The third-order valence-electron chi connectivity index (χ3n) is 3.31. The van der Waals surface area contributed by atoms with Gasteiger partial charge in [0.2, 0.25) is 0 Å². The molecule has 3 aromatic rings. The Morgan fingerprint density at radius 3 is 2.83 bits per heavy atom. The minimum atomic E-state index is -0.329. The number of hydrogen-bond donors (Lipinski definition) is 1. The molecule has 0 aliphatic heterocycles. The van der Waals surface area contributed by atoms with E-state index >= 15 is 0 Å². The third-order valence-corrected chi connectivity index (χ3v) is 4.51. The molecule has 23 heavy (non-hydrogen) atoms. The molecule has 0 atom stereocenters. The van der Waals surface area contributed by atoms with Crippen LogP contribution in [-0.4, -0.2) is 15.9 Å². The normalized spacial score (nSPS) is 10.5. The number of aromatic nitrogens is 2. The molecule has 0 spiro atoms. The van der Waals surface area contributed by atoms with E-state index in [4.69, 9.17) is 0 Å². The van der Waals surface area contributed by atoms with Crippen molar-refractivity contribution in [1.29, 1.82) is 0 Å². The van der Waals surface area contributed by atoms with E-state index in [9.17, 15) is 9.18 Å². The van der Waals surface area contributed by atoms with Crippen molar-refractivity contribution in [3.05, 3.63) is 70.7 Å². The topological polar surface area (TPSA) is 54.9 Å². The first kappa shape index (κ1) is 15.3. The van der Waals surface area contributed by atoms with Crippen LogP contribution in [0.2, 0.25) is 0 Å². The van der Waals surface area contributed by atoms with Crippen molar-refractivity contribution >= 4 is 17.2 Å². The van der Waals surface area contributed by atoms with E-state index in [2.05, 4.69) is 15.3 Å². The lowest BCUT2D eigenvalue weighted by Gasteiger charge is -2.05. The Morgan fingerprint density at radius 1 is 1.26 bits per heavy atom. The van der Waals surface area contributed by atoms with Gasteiger partial charge in [-0.3, -0.25) is 9.78 Å². The van der Waals surface area contributed by atoms with Gasteiger partial charge in [-0.25, -0.2) is 9.37 Å². The van der Waals surface area contributed by atoms with Crippen LogP contribution in [0.4, 0.5) is 4.39 Å². The quantitative estimate of drug-likeness (QED) is 0.797. The van der Waals surface area contributed by atoms with E-state index in [1.165, 1.54) is 17.4 Å². The predicted molar refractivity (Wildman–Crippen MR) is 87.7 cm³/mol. The Hall–Kier alpha value is -2.60. The number of carbonyl (C=O) groups excluding carboxylic acids is 1.